The maximum Gasteiger partial charge on any atom is 0.240 e. The lowest BCUT2D eigenvalue weighted by molar-refractivity contribution is -0.119. The normalized spacial score (nSPS) is 23.3. The number of amides is 1. The molecule has 0 unspecified atom stereocenters. The summed E-state index contributed by atoms with van der Waals surface area (Å²) in [4.78, 5) is 32.0. The predicted molar refractivity (Wildman–Crippen MR) is 141 cm³/mol. The molecule has 190 valence electrons. The number of rotatable bonds is 4. The molecule has 0 saturated heterocycles. The number of benzene rings is 1. The van der Waals surface area contributed by atoms with Crippen LogP contribution >= 0.6 is 11.6 Å². The number of aromatic nitrogens is 5. The Morgan fingerprint density at radius 2 is 2.00 bits per heavy atom. The number of hydrogen-bond donors (Lipinski definition) is 3. The van der Waals surface area contributed by atoms with Crippen LogP contribution in [0.3, 0.4) is 0 Å². The van der Waals surface area contributed by atoms with Crippen LogP contribution in [-0.2, 0) is 16.6 Å². The number of aromatic hydroxyl groups is 1. The van der Waals surface area contributed by atoms with Crippen molar-refractivity contribution in [3.63, 3.8) is 0 Å². The molecular weight excluding hydrogens is 490 g/mol. The minimum Gasteiger partial charge on any atom is -0.506 e. The van der Waals surface area contributed by atoms with Gasteiger partial charge in [0, 0.05) is 18.6 Å². The van der Waals surface area contributed by atoms with Crippen molar-refractivity contribution < 1.29 is 9.90 Å². The second-order valence-electron chi connectivity index (χ2n) is 10.5. The average molecular weight is 518 g/mol. The third-order valence-electron chi connectivity index (χ3n) is 7.94. The smallest absolute Gasteiger partial charge is 0.240 e. The molecule has 1 atom stereocenters. The first-order valence-electron chi connectivity index (χ1n) is 12.6. The molecule has 1 amide bonds. The monoisotopic (exact) mass is 517 g/mol. The van der Waals surface area contributed by atoms with Crippen molar-refractivity contribution in [1.29, 1.82) is 0 Å². The van der Waals surface area contributed by atoms with Gasteiger partial charge in [-0.25, -0.2) is 19.9 Å². The number of imidazole rings is 1. The number of nitrogen functional groups attached to an aromatic ring is 1. The van der Waals surface area contributed by atoms with Crippen LogP contribution < -0.4 is 11.1 Å². The third kappa shape index (κ3) is 3.89. The van der Waals surface area contributed by atoms with E-state index in [4.69, 9.17) is 22.3 Å². The Hall–Kier alpha value is -3.72. The first-order chi connectivity index (χ1) is 17.7. The molecule has 6 rings (SSSR count). The topological polar surface area (TPSA) is 131 Å². The van der Waals surface area contributed by atoms with E-state index in [9.17, 15) is 9.90 Å². The number of anilines is 2. The Morgan fingerprint density at radius 1 is 1.22 bits per heavy atom. The van der Waals surface area contributed by atoms with E-state index in [1.807, 2.05) is 16.8 Å². The Labute approximate surface area is 219 Å². The van der Waals surface area contributed by atoms with Gasteiger partial charge in [-0.3, -0.25) is 4.79 Å². The van der Waals surface area contributed by atoms with Gasteiger partial charge < -0.3 is 20.6 Å². The van der Waals surface area contributed by atoms with Crippen molar-refractivity contribution in [1.82, 2.24) is 24.3 Å². The number of phenolic OH excluding ortho intramolecular Hbond substituents is 1. The van der Waals surface area contributed by atoms with Gasteiger partial charge in [0.15, 0.2) is 11.5 Å². The van der Waals surface area contributed by atoms with E-state index in [-0.39, 0.29) is 22.5 Å². The van der Waals surface area contributed by atoms with Crippen LogP contribution in [0.1, 0.15) is 56.4 Å². The minimum atomic E-state index is -1.17. The quantitative estimate of drug-likeness (QED) is 0.355. The average Bonchev–Trinajstić information content (AvgIpc) is 3.45. The van der Waals surface area contributed by atoms with E-state index in [0.29, 0.717) is 34.4 Å². The van der Waals surface area contributed by atoms with E-state index in [1.165, 1.54) is 31.7 Å². The van der Waals surface area contributed by atoms with Gasteiger partial charge in [-0.05, 0) is 55.7 Å². The zero-order valence-electron chi connectivity index (χ0n) is 20.7. The fourth-order valence-electron chi connectivity index (χ4n) is 5.66. The number of nitrogens with one attached hydrogen (secondary N) is 1. The van der Waals surface area contributed by atoms with E-state index >= 15 is 0 Å². The van der Waals surface area contributed by atoms with E-state index in [0.717, 1.165) is 23.7 Å². The Balaban J connectivity index is 1.41. The molecule has 4 N–H and O–H groups in total. The van der Waals surface area contributed by atoms with Gasteiger partial charge in [0.05, 0.1) is 16.3 Å². The highest BCUT2D eigenvalue weighted by Crippen LogP contribution is 2.46. The maximum atomic E-state index is 13.2. The van der Waals surface area contributed by atoms with Crippen molar-refractivity contribution >= 4 is 34.8 Å². The largest absolute Gasteiger partial charge is 0.506 e. The van der Waals surface area contributed by atoms with Crippen molar-refractivity contribution in [2.45, 2.75) is 51.4 Å². The summed E-state index contributed by atoms with van der Waals surface area (Å²) in [5.74, 6) is 1.85. The molecule has 0 bridgehead atoms. The predicted octanol–water partition coefficient (Wildman–Crippen LogP) is 4.75. The fourth-order valence-corrected chi connectivity index (χ4v) is 5.84. The van der Waals surface area contributed by atoms with Crippen LogP contribution in [0.2, 0.25) is 5.02 Å². The van der Waals surface area contributed by atoms with Crippen LogP contribution in [0.15, 0.2) is 36.8 Å². The molecule has 0 spiro atoms. The van der Waals surface area contributed by atoms with Crippen molar-refractivity contribution in [2.24, 2.45) is 11.8 Å². The lowest BCUT2D eigenvalue weighted by Gasteiger charge is -2.26. The number of phenols is 1. The summed E-state index contributed by atoms with van der Waals surface area (Å²) in [5, 5.41) is 12.9. The first-order valence-corrected chi connectivity index (χ1v) is 12.9. The molecule has 37 heavy (non-hydrogen) atoms. The molecule has 4 heterocycles. The van der Waals surface area contributed by atoms with Gasteiger partial charge in [-0.1, -0.05) is 37.4 Å². The van der Waals surface area contributed by atoms with Crippen LogP contribution in [0.5, 0.6) is 5.75 Å². The Morgan fingerprint density at radius 3 is 2.76 bits per heavy atom. The molecule has 2 aliphatic rings. The van der Waals surface area contributed by atoms with Crippen LogP contribution in [0.4, 0.5) is 11.6 Å². The summed E-state index contributed by atoms with van der Waals surface area (Å²) in [6.07, 6.45) is 11.2. The van der Waals surface area contributed by atoms with E-state index < -0.39 is 5.41 Å². The van der Waals surface area contributed by atoms with Crippen LogP contribution in [0, 0.1) is 11.8 Å². The van der Waals surface area contributed by atoms with Gasteiger partial charge in [0.1, 0.15) is 28.5 Å². The van der Waals surface area contributed by atoms with Gasteiger partial charge in [-0.15, -0.1) is 0 Å². The fraction of sp³-hybridized carbons (Fsp3) is 0.370. The number of halogens is 1. The summed E-state index contributed by atoms with van der Waals surface area (Å²) in [6, 6.07) is 4.67. The Bertz CT molecular complexity index is 1540. The number of carbonyl (C=O) groups is 1. The third-order valence-corrected chi connectivity index (χ3v) is 8.24. The highest BCUT2D eigenvalue weighted by molar-refractivity contribution is 6.32. The van der Waals surface area contributed by atoms with Gasteiger partial charge in [-0.2, -0.15) is 0 Å². The molecule has 9 nitrogen and oxygen atoms in total. The highest BCUT2D eigenvalue weighted by atomic mass is 35.5. The molecule has 1 aliphatic carbocycles. The van der Waals surface area contributed by atoms with Crippen LogP contribution in [0.25, 0.3) is 17.2 Å². The van der Waals surface area contributed by atoms with Crippen LogP contribution in [-0.4, -0.2) is 35.4 Å². The second-order valence-corrected chi connectivity index (χ2v) is 10.9. The SMILES string of the molecule is C[C@@]1(c2ccc(O)c(Cl)c2)C(=O)Nc2nc(-c3cn4ccnc4c(C[C@H]4CC[C@@H](C)CC4)n3)nc(N)c21. The summed E-state index contributed by atoms with van der Waals surface area (Å²) < 4.78 is 1.94. The molecule has 3 aromatic heterocycles. The molecule has 1 saturated carbocycles. The van der Waals surface area contributed by atoms with E-state index in [2.05, 4.69) is 27.2 Å². The minimum absolute atomic E-state index is 0.0632. The number of nitrogens with two attached hydrogens (primary N) is 1. The molecular formula is C27H28ClN7O2. The molecule has 10 heteroatoms. The number of nitrogens with zero attached hydrogens (tertiary/aromatic N) is 5. The number of fused-ring (bicyclic) bond motifs is 2. The molecule has 1 fully saturated rings. The van der Waals surface area contributed by atoms with Crippen molar-refractivity contribution in [3.05, 3.63) is 58.6 Å². The molecule has 1 aliphatic heterocycles. The zero-order chi connectivity index (χ0) is 25.9. The number of carbonyl (C=O) groups excluding carboxylic acids is 1. The summed E-state index contributed by atoms with van der Waals surface area (Å²) in [7, 11) is 0. The highest BCUT2D eigenvalue weighted by Gasteiger charge is 2.47. The Kier molecular flexibility index (Phi) is 5.56. The maximum absolute atomic E-state index is 13.2. The van der Waals surface area contributed by atoms with Gasteiger partial charge >= 0.3 is 0 Å². The lowest BCUT2D eigenvalue weighted by Crippen LogP contribution is -2.33. The molecule has 4 aromatic rings. The zero-order valence-corrected chi connectivity index (χ0v) is 21.5. The standard InChI is InChI=1S/C27H28ClN7O2/c1-14-3-5-15(6-4-14)11-18-25-30-9-10-35(25)13-19(31-18)23-32-22(29)21-24(33-23)34-26(37)27(21,2)16-7-8-20(36)17(28)12-16/h7-10,12-15,36H,3-6,11H2,1-2H3,(H3,29,32,33,34,37)/t14-,15+,27-/m0/s1. The van der Waals surface area contributed by atoms with Gasteiger partial charge in [0.25, 0.3) is 0 Å². The number of hydrogen-bond acceptors (Lipinski definition) is 7. The van der Waals surface area contributed by atoms with Crippen molar-refractivity contribution in [3.8, 4) is 17.3 Å². The molecule has 0 radical (unpaired) electrons. The summed E-state index contributed by atoms with van der Waals surface area (Å²) >= 11 is 6.14. The second kappa shape index (κ2) is 8.69. The van der Waals surface area contributed by atoms with E-state index in [1.54, 1.807) is 25.3 Å². The van der Waals surface area contributed by atoms with Crippen molar-refractivity contribution in [2.75, 3.05) is 11.1 Å². The first kappa shape index (κ1) is 23.7. The molecule has 1 aromatic carbocycles. The lowest BCUT2D eigenvalue weighted by atomic mass is 9.77. The summed E-state index contributed by atoms with van der Waals surface area (Å²) in [5.41, 5.74) is 8.68. The summed E-state index contributed by atoms with van der Waals surface area (Å²) in [6.45, 7) is 4.06. The van der Waals surface area contributed by atoms with Gasteiger partial charge in [0.2, 0.25) is 5.91 Å².